The average molecular weight is 165 g/mol. The molecule has 1 heteroatoms. The lowest BCUT2D eigenvalue weighted by molar-refractivity contribution is 0.591. The van der Waals surface area contributed by atoms with Gasteiger partial charge in [-0.3, -0.25) is 0 Å². The van der Waals surface area contributed by atoms with Gasteiger partial charge >= 0.3 is 0 Å². The van der Waals surface area contributed by atoms with Crippen LogP contribution in [0, 0.1) is 0 Å². The van der Waals surface area contributed by atoms with Crippen LogP contribution in [0.25, 0.3) is 0 Å². The van der Waals surface area contributed by atoms with Gasteiger partial charge in [-0.15, -0.1) is 0 Å². The number of hydrogen-bond donors (Lipinski definition) is 1. The normalized spacial score (nSPS) is 31.2. The molecule has 2 fully saturated rings. The van der Waals surface area contributed by atoms with Crippen LogP contribution < -0.4 is 5.32 Å². The zero-order chi connectivity index (χ0) is 8.39. The smallest absolute Gasteiger partial charge is 0.0170 e. The summed E-state index contributed by atoms with van der Waals surface area (Å²) in [6, 6.07) is 0.731. The van der Waals surface area contributed by atoms with E-state index in [1.54, 1.807) is 11.1 Å². The van der Waals surface area contributed by atoms with Gasteiger partial charge in [-0.05, 0) is 39.0 Å². The summed E-state index contributed by atoms with van der Waals surface area (Å²) in [7, 11) is 0. The maximum Gasteiger partial charge on any atom is 0.0170 e. The van der Waals surface area contributed by atoms with E-state index in [1.807, 2.05) is 0 Å². The quantitative estimate of drug-likeness (QED) is 0.544. The third-order valence-electron chi connectivity index (χ3n) is 3.17. The minimum atomic E-state index is 0.731. The van der Waals surface area contributed by atoms with Crippen LogP contribution in [0.4, 0.5) is 0 Å². The fourth-order valence-corrected chi connectivity index (χ4v) is 2.41. The van der Waals surface area contributed by atoms with Crippen LogP contribution >= 0.6 is 0 Å². The highest BCUT2D eigenvalue weighted by Gasteiger charge is 2.18. The summed E-state index contributed by atoms with van der Waals surface area (Å²) in [5.74, 6) is 0. The minimum absolute atomic E-state index is 0.731. The van der Waals surface area contributed by atoms with E-state index in [-0.39, 0.29) is 0 Å². The van der Waals surface area contributed by atoms with E-state index in [0.29, 0.717) is 0 Å². The summed E-state index contributed by atoms with van der Waals surface area (Å²) in [4.78, 5) is 0. The fraction of sp³-hybridized carbons (Fsp3) is 0.818. The van der Waals surface area contributed by atoms with Crippen molar-refractivity contribution in [3.8, 4) is 0 Å². The molecule has 2 aliphatic rings. The Labute approximate surface area is 75.2 Å². The maximum absolute atomic E-state index is 3.51. The molecule has 0 radical (unpaired) electrons. The summed E-state index contributed by atoms with van der Waals surface area (Å²) in [5, 5.41) is 3.51. The minimum Gasteiger partial charge on any atom is -0.310 e. The number of rotatable bonds is 0. The van der Waals surface area contributed by atoms with Gasteiger partial charge in [0.2, 0.25) is 0 Å². The first-order valence-corrected chi connectivity index (χ1v) is 5.29. The van der Waals surface area contributed by atoms with E-state index in [4.69, 9.17) is 0 Å². The van der Waals surface area contributed by atoms with Crippen molar-refractivity contribution in [3.63, 3.8) is 0 Å². The van der Waals surface area contributed by atoms with Gasteiger partial charge in [0.1, 0.15) is 0 Å². The summed E-state index contributed by atoms with van der Waals surface area (Å²) < 4.78 is 0. The van der Waals surface area contributed by atoms with Gasteiger partial charge in [0.15, 0.2) is 0 Å². The van der Waals surface area contributed by atoms with E-state index >= 15 is 0 Å². The van der Waals surface area contributed by atoms with Gasteiger partial charge in [0, 0.05) is 12.6 Å². The molecule has 0 unspecified atom stereocenters. The number of nitrogens with one attached hydrogen (secondary N) is 1. The topological polar surface area (TPSA) is 12.0 Å². The molecule has 2 rings (SSSR count). The Morgan fingerprint density at radius 1 is 1.08 bits per heavy atom. The molecule has 0 amide bonds. The van der Waals surface area contributed by atoms with Gasteiger partial charge < -0.3 is 5.32 Å². The second-order valence-electron chi connectivity index (χ2n) is 4.25. The van der Waals surface area contributed by atoms with Gasteiger partial charge in [0.05, 0.1) is 0 Å². The zero-order valence-electron chi connectivity index (χ0n) is 8.03. The van der Waals surface area contributed by atoms with Crippen LogP contribution in [-0.2, 0) is 0 Å². The van der Waals surface area contributed by atoms with Crippen molar-refractivity contribution >= 4 is 0 Å². The highest BCUT2D eigenvalue weighted by Crippen LogP contribution is 2.29. The fourth-order valence-electron chi connectivity index (χ4n) is 2.41. The van der Waals surface area contributed by atoms with Crippen molar-refractivity contribution in [2.45, 2.75) is 51.5 Å². The second kappa shape index (κ2) is 3.61. The molecular formula is C11H19N. The summed E-state index contributed by atoms with van der Waals surface area (Å²) in [6.07, 6.45) is 8.43. The Hall–Kier alpha value is -0.300. The van der Waals surface area contributed by atoms with Gasteiger partial charge in [-0.2, -0.15) is 0 Å². The molecule has 1 atom stereocenters. The predicted octanol–water partition coefficient (Wildman–Crippen LogP) is 2.63. The highest BCUT2D eigenvalue weighted by molar-refractivity contribution is 5.21. The van der Waals surface area contributed by atoms with Crippen LogP contribution in [0.15, 0.2) is 11.1 Å². The molecule has 12 heavy (non-hydrogen) atoms. The maximum atomic E-state index is 3.51. The van der Waals surface area contributed by atoms with Crippen molar-refractivity contribution < 1.29 is 0 Å². The monoisotopic (exact) mass is 165 g/mol. The van der Waals surface area contributed by atoms with E-state index in [1.165, 1.54) is 45.1 Å². The second-order valence-corrected chi connectivity index (χ2v) is 4.25. The average Bonchev–Trinajstić information content (AvgIpc) is 2.54. The molecule has 1 aliphatic heterocycles. The molecule has 0 aromatic heterocycles. The third kappa shape index (κ3) is 1.71. The van der Waals surface area contributed by atoms with Gasteiger partial charge in [0.25, 0.3) is 0 Å². The van der Waals surface area contributed by atoms with Crippen LogP contribution in [0.2, 0.25) is 0 Å². The molecule has 0 aromatic rings. The lowest BCUT2D eigenvalue weighted by Crippen LogP contribution is -2.16. The van der Waals surface area contributed by atoms with E-state index in [9.17, 15) is 0 Å². The first-order chi connectivity index (χ1) is 5.86. The largest absolute Gasteiger partial charge is 0.310 e. The molecule has 68 valence electrons. The molecule has 0 spiro atoms. The van der Waals surface area contributed by atoms with Crippen molar-refractivity contribution in [3.05, 3.63) is 11.1 Å². The molecule has 0 aromatic carbocycles. The lowest BCUT2D eigenvalue weighted by atomic mass is 9.90. The Kier molecular flexibility index (Phi) is 2.50. The predicted molar refractivity (Wildman–Crippen MR) is 52.2 cm³/mol. The molecule has 1 aliphatic carbocycles. The zero-order valence-corrected chi connectivity index (χ0v) is 8.03. The summed E-state index contributed by atoms with van der Waals surface area (Å²) in [6.45, 7) is 3.47. The van der Waals surface area contributed by atoms with Crippen molar-refractivity contribution in [2.24, 2.45) is 0 Å². The van der Waals surface area contributed by atoms with E-state index in [0.717, 1.165) is 6.04 Å². The summed E-state index contributed by atoms with van der Waals surface area (Å²) in [5.41, 5.74) is 3.53. The Morgan fingerprint density at radius 3 is 2.42 bits per heavy atom. The van der Waals surface area contributed by atoms with Crippen LogP contribution in [0.1, 0.15) is 45.4 Å². The molecular weight excluding hydrogens is 146 g/mol. The van der Waals surface area contributed by atoms with Crippen molar-refractivity contribution in [2.75, 3.05) is 6.54 Å². The van der Waals surface area contributed by atoms with Crippen molar-refractivity contribution in [1.82, 2.24) is 5.32 Å². The van der Waals surface area contributed by atoms with Crippen LogP contribution in [0.5, 0.6) is 0 Å². The Balaban J connectivity index is 2.03. The SMILES string of the molecule is C[C@H]1CC(=C2CCCCC2)CN1. The molecule has 0 bridgehead atoms. The molecule has 1 saturated heterocycles. The Morgan fingerprint density at radius 2 is 1.83 bits per heavy atom. The van der Waals surface area contributed by atoms with Gasteiger partial charge in [-0.25, -0.2) is 0 Å². The summed E-state index contributed by atoms with van der Waals surface area (Å²) >= 11 is 0. The molecule has 1 nitrogen and oxygen atoms in total. The molecule has 1 N–H and O–H groups in total. The van der Waals surface area contributed by atoms with E-state index < -0.39 is 0 Å². The van der Waals surface area contributed by atoms with E-state index in [2.05, 4.69) is 12.2 Å². The lowest BCUT2D eigenvalue weighted by Gasteiger charge is -2.16. The number of allylic oxidation sites excluding steroid dienone is 1. The van der Waals surface area contributed by atoms with Gasteiger partial charge in [-0.1, -0.05) is 17.6 Å². The first-order valence-electron chi connectivity index (χ1n) is 5.29. The Bertz CT molecular complexity index is 180. The molecule has 1 saturated carbocycles. The van der Waals surface area contributed by atoms with Crippen LogP contribution in [-0.4, -0.2) is 12.6 Å². The standard InChI is InChI=1S/C11H19N/c1-9-7-11(8-12-9)10-5-3-2-4-6-10/h9,12H,2-8H2,1H3/t9-/m0/s1. The highest BCUT2D eigenvalue weighted by atomic mass is 14.9. The molecule has 1 heterocycles. The third-order valence-corrected chi connectivity index (χ3v) is 3.17. The number of hydrogen-bond acceptors (Lipinski definition) is 1. The first kappa shape index (κ1) is 8.31. The van der Waals surface area contributed by atoms with Crippen molar-refractivity contribution in [1.29, 1.82) is 0 Å². The van der Waals surface area contributed by atoms with Crippen LogP contribution in [0.3, 0.4) is 0 Å².